The number of halogens is 2. The van der Waals surface area contributed by atoms with Gasteiger partial charge in [0.15, 0.2) is 0 Å². The molecule has 0 aromatic rings. The van der Waals surface area contributed by atoms with E-state index < -0.39 is 0 Å². The van der Waals surface area contributed by atoms with Crippen LogP contribution in [-0.4, -0.2) is 83.1 Å². The zero-order valence-electron chi connectivity index (χ0n) is 14.2. The molecular weight excluding hydrogens is 319 g/mol. The number of fused-ring (bicyclic) bond motifs is 3. The van der Waals surface area contributed by atoms with Gasteiger partial charge >= 0.3 is 0 Å². The van der Waals surface area contributed by atoms with Crippen LogP contribution < -0.4 is 0 Å². The molecule has 0 N–H and O–H groups in total. The molecule has 0 spiro atoms. The molecule has 4 nitrogen and oxygen atoms in total. The summed E-state index contributed by atoms with van der Waals surface area (Å²) in [5.74, 6) is 0. The lowest BCUT2D eigenvalue weighted by molar-refractivity contribution is 0.126. The van der Waals surface area contributed by atoms with Crippen LogP contribution in [0.5, 0.6) is 0 Å². The fourth-order valence-electron chi connectivity index (χ4n) is 3.54. The monoisotopic (exact) mass is 350 g/mol. The molecule has 0 amide bonds. The number of hydrogen-bond donors (Lipinski definition) is 0. The number of rotatable bonds is 2. The Balaban J connectivity index is 2.06. The molecule has 130 valence electrons. The highest BCUT2D eigenvalue weighted by Gasteiger charge is 2.24. The molecular formula is C16H32Cl2N4. The van der Waals surface area contributed by atoms with Crippen LogP contribution >= 0.6 is 23.6 Å². The normalized spacial score (nSPS) is 37.1. The summed E-state index contributed by atoms with van der Waals surface area (Å²) in [7, 11) is 0. The topological polar surface area (TPSA) is 13.0 Å². The van der Waals surface area contributed by atoms with Crippen LogP contribution in [-0.2, 0) is 0 Å². The summed E-state index contributed by atoms with van der Waals surface area (Å²) in [6.07, 6.45) is 4.55. The molecule has 0 saturated carbocycles. The van der Waals surface area contributed by atoms with Gasteiger partial charge in [0, 0.05) is 51.4 Å². The van der Waals surface area contributed by atoms with Crippen molar-refractivity contribution in [3.8, 4) is 0 Å². The Bertz CT molecular complexity index is 289. The van der Waals surface area contributed by atoms with E-state index >= 15 is 0 Å². The molecule has 2 aliphatic rings. The average Bonchev–Trinajstić information content (AvgIpc) is 2.53. The quantitative estimate of drug-likeness (QED) is 0.709. The van der Waals surface area contributed by atoms with Gasteiger partial charge in [0.25, 0.3) is 0 Å². The molecule has 0 radical (unpaired) electrons. The summed E-state index contributed by atoms with van der Waals surface area (Å²) in [6.45, 7) is 13.1. The van der Waals surface area contributed by atoms with Crippen LogP contribution in [0.25, 0.3) is 0 Å². The van der Waals surface area contributed by atoms with Crippen molar-refractivity contribution < 1.29 is 0 Å². The van der Waals surface area contributed by atoms with Crippen molar-refractivity contribution in [2.45, 2.75) is 51.6 Å². The zero-order chi connectivity index (χ0) is 15.9. The molecule has 2 saturated heterocycles. The molecule has 22 heavy (non-hydrogen) atoms. The van der Waals surface area contributed by atoms with Gasteiger partial charge in [-0.1, -0.05) is 13.8 Å². The van der Waals surface area contributed by atoms with Crippen molar-refractivity contribution in [1.82, 2.24) is 18.6 Å². The smallest absolute Gasteiger partial charge is 0.0270 e. The molecule has 4 atom stereocenters. The molecule has 2 bridgehead atoms. The van der Waals surface area contributed by atoms with Gasteiger partial charge in [-0.15, -0.1) is 0 Å². The maximum absolute atomic E-state index is 6.53. The first kappa shape index (κ1) is 18.8. The minimum Gasteiger partial charge on any atom is -0.301 e. The van der Waals surface area contributed by atoms with Gasteiger partial charge in [-0.05, 0) is 62.3 Å². The largest absolute Gasteiger partial charge is 0.301 e. The minimum atomic E-state index is 0.488. The molecule has 2 fully saturated rings. The van der Waals surface area contributed by atoms with Crippen molar-refractivity contribution >= 4 is 23.6 Å². The molecule has 2 heterocycles. The van der Waals surface area contributed by atoms with Crippen molar-refractivity contribution in [2.24, 2.45) is 0 Å². The second-order valence-corrected chi connectivity index (χ2v) is 7.50. The Hall–Kier alpha value is 0.420. The van der Waals surface area contributed by atoms with Gasteiger partial charge < -0.3 is 9.80 Å². The van der Waals surface area contributed by atoms with Gasteiger partial charge in [-0.25, -0.2) is 8.84 Å². The lowest BCUT2D eigenvalue weighted by atomic mass is 10.1. The van der Waals surface area contributed by atoms with Crippen LogP contribution in [0.3, 0.4) is 0 Å². The van der Waals surface area contributed by atoms with E-state index in [2.05, 4.69) is 23.6 Å². The third-order valence-electron chi connectivity index (χ3n) is 5.28. The van der Waals surface area contributed by atoms with E-state index in [0.29, 0.717) is 12.1 Å². The third-order valence-corrected chi connectivity index (χ3v) is 6.17. The van der Waals surface area contributed by atoms with Crippen LogP contribution in [0.1, 0.15) is 39.5 Å². The van der Waals surface area contributed by atoms with E-state index in [1.807, 2.05) is 8.84 Å². The second-order valence-electron chi connectivity index (χ2n) is 6.63. The van der Waals surface area contributed by atoms with Crippen LogP contribution in [0.2, 0.25) is 0 Å². The first-order chi connectivity index (χ1) is 10.6. The van der Waals surface area contributed by atoms with Crippen molar-refractivity contribution in [3.05, 3.63) is 0 Å². The fourth-order valence-corrected chi connectivity index (χ4v) is 4.16. The van der Waals surface area contributed by atoms with Gasteiger partial charge in [-0.3, -0.25) is 0 Å². The van der Waals surface area contributed by atoms with Gasteiger partial charge in [-0.2, -0.15) is 0 Å². The maximum Gasteiger partial charge on any atom is 0.0270 e. The van der Waals surface area contributed by atoms with Gasteiger partial charge in [0.05, 0.1) is 0 Å². The van der Waals surface area contributed by atoms with E-state index in [4.69, 9.17) is 23.6 Å². The average molecular weight is 351 g/mol. The highest BCUT2D eigenvalue weighted by molar-refractivity contribution is 6.13. The van der Waals surface area contributed by atoms with E-state index in [9.17, 15) is 0 Å². The van der Waals surface area contributed by atoms with Crippen LogP contribution in [0, 0.1) is 0 Å². The van der Waals surface area contributed by atoms with Crippen molar-refractivity contribution in [1.29, 1.82) is 0 Å². The zero-order valence-corrected chi connectivity index (χ0v) is 15.7. The Kier molecular flexibility index (Phi) is 8.23. The molecule has 0 aromatic carbocycles. The molecule has 2 rings (SSSR count). The minimum absolute atomic E-state index is 0.488. The maximum atomic E-state index is 6.53. The Labute approximate surface area is 146 Å². The van der Waals surface area contributed by atoms with E-state index in [-0.39, 0.29) is 0 Å². The second kappa shape index (κ2) is 9.65. The van der Waals surface area contributed by atoms with Gasteiger partial charge in [0.1, 0.15) is 0 Å². The summed E-state index contributed by atoms with van der Waals surface area (Å²) < 4.78 is 4.10. The first-order valence-electron chi connectivity index (χ1n) is 8.93. The highest BCUT2D eigenvalue weighted by Crippen LogP contribution is 2.18. The Morgan fingerprint density at radius 1 is 0.636 bits per heavy atom. The van der Waals surface area contributed by atoms with Crippen molar-refractivity contribution in [3.63, 3.8) is 0 Å². The Morgan fingerprint density at radius 3 is 1.36 bits per heavy atom. The molecule has 0 aliphatic carbocycles. The highest BCUT2D eigenvalue weighted by atomic mass is 35.5. The SMILES string of the molecule is CCC1CCN2CCN(CCC(CC)N(Cl)CC2)CCN1Cl. The van der Waals surface area contributed by atoms with Gasteiger partial charge in [0.2, 0.25) is 0 Å². The lowest BCUT2D eigenvalue weighted by Gasteiger charge is -2.37. The van der Waals surface area contributed by atoms with E-state index in [0.717, 1.165) is 78.0 Å². The van der Waals surface area contributed by atoms with Crippen LogP contribution in [0.15, 0.2) is 0 Å². The molecule has 6 heteroatoms. The predicted octanol–water partition coefficient (Wildman–Crippen LogP) is 2.87. The molecule has 0 aromatic heterocycles. The van der Waals surface area contributed by atoms with E-state index in [1.165, 1.54) is 0 Å². The molecule has 4 unspecified atom stereocenters. The summed E-state index contributed by atoms with van der Waals surface area (Å²) in [5.41, 5.74) is 0. The number of nitrogens with zero attached hydrogens (tertiary/aromatic N) is 4. The summed E-state index contributed by atoms with van der Waals surface area (Å²) in [4.78, 5) is 5.14. The summed E-state index contributed by atoms with van der Waals surface area (Å²) in [6, 6.07) is 0.977. The van der Waals surface area contributed by atoms with Crippen molar-refractivity contribution in [2.75, 3.05) is 52.4 Å². The third kappa shape index (κ3) is 5.50. The summed E-state index contributed by atoms with van der Waals surface area (Å²) in [5, 5.41) is 0. The standard InChI is InChI=1S/C16H32Cl2N4/c1-3-15-5-7-19-9-10-20(11-13-21(15)17)8-6-16(4-2)22(18)14-12-19/h15-16H,3-14H2,1-2H3. The molecule has 2 aliphatic heterocycles. The first-order valence-corrected chi connectivity index (χ1v) is 9.61. The number of hydrogen-bond acceptors (Lipinski definition) is 4. The van der Waals surface area contributed by atoms with E-state index in [1.54, 1.807) is 0 Å². The lowest BCUT2D eigenvalue weighted by Crippen LogP contribution is -2.47. The fraction of sp³-hybridized carbons (Fsp3) is 1.00. The van der Waals surface area contributed by atoms with Crippen LogP contribution in [0.4, 0.5) is 0 Å². The Morgan fingerprint density at radius 2 is 1.00 bits per heavy atom. The predicted molar refractivity (Wildman–Crippen MR) is 95.4 cm³/mol. The summed E-state index contributed by atoms with van der Waals surface area (Å²) >= 11 is 13.1.